The molecule has 0 aliphatic carbocycles. The molecule has 2 aromatic carbocycles. The van der Waals surface area contributed by atoms with Crippen LogP contribution in [0.15, 0.2) is 54.6 Å². The van der Waals surface area contributed by atoms with E-state index in [9.17, 15) is 20.1 Å². The quantitative estimate of drug-likeness (QED) is 0.530. The van der Waals surface area contributed by atoms with Gasteiger partial charge in [-0.25, -0.2) is 0 Å². The predicted molar refractivity (Wildman–Crippen MR) is 103 cm³/mol. The summed E-state index contributed by atoms with van der Waals surface area (Å²) in [5, 5.41) is 32.3. The molecule has 2 aromatic rings. The Morgan fingerprint density at radius 3 is 2.34 bits per heavy atom. The summed E-state index contributed by atoms with van der Waals surface area (Å²) < 4.78 is 16.0. The van der Waals surface area contributed by atoms with Crippen molar-refractivity contribution in [3.63, 3.8) is 0 Å². The SMILES string of the molecule is CO[C@H]1O[C@H](CNC(=O)c2ccc(OCc3ccccc3)cc2)[C@@H](O)[C@H](O)[C@H]1O. The third-order valence-electron chi connectivity index (χ3n) is 4.73. The third kappa shape index (κ3) is 5.31. The highest BCUT2D eigenvalue weighted by Gasteiger charge is 2.43. The van der Waals surface area contributed by atoms with E-state index < -0.39 is 30.7 Å². The second-order valence-corrected chi connectivity index (χ2v) is 6.76. The van der Waals surface area contributed by atoms with Crippen molar-refractivity contribution in [2.24, 2.45) is 0 Å². The molecule has 1 aliphatic heterocycles. The van der Waals surface area contributed by atoms with Gasteiger partial charge in [0, 0.05) is 19.2 Å². The molecule has 1 fully saturated rings. The van der Waals surface area contributed by atoms with Crippen molar-refractivity contribution >= 4 is 5.91 Å². The Hall–Kier alpha value is -2.49. The van der Waals surface area contributed by atoms with Gasteiger partial charge in [0.2, 0.25) is 0 Å². The number of hydrogen-bond donors (Lipinski definition) is 4. The van der Waals surface area contributed by atoms with Crippen LogP contribution in [0.2, 0.25) is 0 Å². The average molecular weight is 403 g/mol. The van der Waals surface area contributed by atoms with Crippen LogP contribution in [0, 0.1) is 0 Å². The van der Waals surface area contributed by atoms with Crippen molar-refractivity contribution in [2.75, 3.05) is 13.7 Å². The number of aliphatic hydroxyl groups excluding tert-OH is 3. The molecule has 8 nitrogen and oxygen atoms in total. The second kappa shape index (κ2) is 9.82. The van der Waals surface area contributed by atoms with Gasteiger partial charge in [-0.2, -0.15) is 0 Å². The largest absolute Gasteiger partial charge is 0.489 e. The number of methoxy groups -OCH3 is 1. The van der Waals surface area contributed by atoms with Gasteiger partial charge in [0.05, 0.1) is 0 Å². The Labute approximate surface area is 168 Å². The van der Waals surface area contributed by atoms with Crippen LogP contribution in [0.25, 0.3) is 0 Å². The van der Waals surface area contributed by atoms with E-state index in [1.54, 1.807) is 24.3 Å². The van der Waals surface area contributed by atoms with Gasteiger partial charge in [0.25, 0.3) is 5.91 Å². The van der Waals surface area contributed by atoms with Crippen molar-refractivity contribution in [1.29, 1.82) is 0 Å². The number of amides is 1. The highest BCUT2D eigenvalue weighted by atomic mass is 16.7. The molecule has 156 valence electrons. The molecule has 0 unspecified atom stereocenters. The maximum absolute atomic E-state index is 12.3. The van der Waals surface area contributed by atoms with Crippen molar-refractivity contribution in [3.05, 3.63) is 65.7 Å². The second-order valence-electron chi connectivity index (χ2n) is 6.76. The zero-order valence-corrected chi connectivity index (χ0v) is 16.0. The normalized spacial score (nSPS) is 26.7. The number of carbonyl (C=O) groups is 1. The first kappa shape index (κ1) is 21.2. The standard InChI is InChI=1S/C21H25NO7/c1-27-21-19(25)18(24)17(23)16(29-21)11-22-20(26)14-7-9-15(10-8-14)28-12-13-5-3-2-4-6-13/h2-10,16-19,21,23-25H,11-12H2,1H3,(H,22,26)/t16-,17-,18+,19-,21+/m1/s1. The summed E-state index contributed by atoms with van der Waals surface area (Å²) in [7, 11) is 1.31. The molecule has 8 heteroatoms. The zero-order chi connectivity index (χ0) is 20.8. The monoisotopic (exact) mass is 403 g/mol. The minimum absolute atomic E-state index is 0.0596. The molecular formula is C21H25NO7. The summed E-state index contributed by atoms with van der Waals surface area (Å²) in [4.78, 5) is 12.3. The minimum atomic E-state index is -1.43. The maximum atomic E-state index is 12.3. The summed E-state index contributed by atoms with van der Waals surface area (Å²) in [6.45, 7) is 0.369. The highest BCUT2D eigenvalue weighted by Crippen LogP contribution is 2.21. The van der Waals surface area contributed by atoms with E-state index in [0.717, 1.165) is 5.56 Å². The van der Waals surface area contributed by atoms with Gasteiger partial charge in [-0.3, -0.25) is 4.79 Å². The Morgan fingerprint density at radius 2 is 1.69 bits per heavy atom. The van der Waals surface area contributed by atoms with E-state index in [0.29, 0.717) is 17.9 Å². The Morgan fingerprint density at radius 1 is 1.00 bits per heavy atom. The zero-order valence-electron chi connectivity index (χ0n) is 16.0. The first-order valence-electron chi connectivity index (χ1n) is 9.27. The molecule has 1 aliphatic rings. The number of hydrogen-bond acceptors (Lipinski definition) is 7. The van der Waals surface area contributed by atoms with Crippen LogP contribution >= 0.6 is 0 Å². The fourth-order valence-electron chi connectivity index (χ4n) is 3.02. The Bertz CT molecular complexity index is 781. The number of benzene rings is 2. The molecule has 0 bridgehead atoms. The van der Waals surface area contributed by atoms with Crippen molar-refractivity contribution < 1.29 is 34.3 Å². The summed E-state index contributed by atoms with van der Waals surface area (Å²) >= 11 is 0. The van der Waals surface area contributed by atoms with E-state index in [2.05, 4.69) is 5.32 Å². The average Bonchev–Trinajstić information content (AvgIpc) is 2.76. The maximum Gasteiger partial charge on any atom is 0.251 e. The summed E-state index contributed by atoms with van der Waals surface area (Å²) in [6.07, 6.45) is -6.17. The molecule has 5 atom stereocenters. The molecule has 3 rings (SSSR count). The molecule has 0 aromatic heterocycles. The fraction of sp³-hybridized carbons (Fsp3) is 0.381. The molecule has 0 saturated carbocycles. The number of ether oxygens (including phenoxy) is 3. The van der Waals surface area contributed by atoms with E-state index in [1.165, 1.54) is 7.11 Å². The molecule has 1 saturated heterocycles. The van der Waals surface area contributed by atoms with Crippen LogP contribution in [0.1, 0.15) is 15.9 Å². The van der Waals surface area contributed by atoms with Gasteiger partial charge in [0.15, 0.2) is 6.29 Å². The number of rotatable bonds is 7. The van der Waals surface area contributed by atoms with Crippen molar-refractivity contribution in [2.45, 2.75) is 37.3 Å². The van der Waals surface area contributed by atoms with E-state index in [-0.39, 0.29) is 12.5 Å². The lowest BCUT2D eigenvalue weighted by atomic mass is 9.99. The van der Waals surface area contributed by atoms with Gasteiger partial charge in [0.1, 0.15) is 36.8 Å². The number of nitrogens with one attached hydrogen (secondary N) is 1. The van der Waals surface area contributed by atoms with E-state index >= 15 is 0 Å². The van der Waals surface area contributed by atoms with Crippen LogP contribution < -0.4 is 10.1 Å². The van der Waals surface area contributed by atoms with E-state index in [4.69, 9.17) is 14.2 Å². The fourth-order valence-corrected chi connectivity index (χ4v) is 3.02. The first-order chi connectivity index (χ1) is 14.0. The molecule has 1 amide bonds. The van der Waals surface area contributed by atoms with Gasteiger partial charge < -0.3 is 34.8 Å². The van der Waals surface area contributed by atoms with Crippen LogP contribution in [0.5, 0.6) is 5.75 Å². The molecule has 29 heavy (non-hydrogen) atoms. The Balaban J connectivity index is 1.51. The molecule has 4 N–H and O–H groups in total. The van der Waals surface area contributed by atoms with Crippen LogP contribution in [-0.2, 0) is 16.1 Å². The summed E-state index contributed by atoms with van der Waals surface area (Å²) in [6, 6.07) is 16.4. The van der Waals surface area contributed by atoms with E-state index in [1.807, 2.05) is 30.3 Å². The van der Waals surface area contributed by atoms with Gasteiger partial charge in [-0.05, 0) is 29.8 Å². The molecule has 0 spiro atoms. The lowest BCUT2D eigenvalue weighted by molar-refractivity contribution is -0.288. The minimum Gasteiger partial charge on any atom is -0.489 e. The van der Waals surface area contributed by atoms with Crippen LogP contribution in [0.4, 0.5) is 0 Å². The lowest BCUT2D eigenvalue weighted by Crippen LogP contribution is -2.60. The number of carbonyl (C=O) groups excluding carboxylic acids is 1. The lowest BCUT2D eigenvalue weighted by Gasteiger charge is -2.39. The van der Waals surface area contributed by atoms with Crippen molar-refractivity contribution in [1.82, 2.24) is 5.32 Å². The molecule has 0 radical (unpaired) electrons. The van der Waals surface area contributed by atoms with Crippen LogP contribution in [0.3, 0.4) is 0 Å². The summed E-state index contributed by atoms with van der Waals surface area (Å²) in [5.74, 6) is 0.265. The predicted octanol–water partition coefficient (Wildman–Crippen LogP) is 0.449. The topological polar surface area (TPSA) is 117 Å². The smallest absolute Gasteiger partial charge is 0.251 e. The van der Waals surface area contributed by atoms with Gasteiger partial charge in [-0.15, -0.1) is 0 Å². The number of aliphatic hydroxyl groups is 3. The van der Waals surface area contributed by atoms with Crippen LogP contribution in [-0.4, -0.2) is 65.6 Å². The highest BCUT2D eigenvalue weighted by molar-refractivity contribution is 5.94. The van der Waals surface area contributed by atoms with Gasteiger partial charge >= 0.3 is 0 Å². The third-order valence-corrected chi connectivity index (χ3v) is 4.73. The summed E-state index contributed by atoms with van der Waals surface area (Å²) in [5.41, 5.74) is 1.45. The Kier molecular flexibility index (Phi) is 7.18. The first-order valence-corrected chi connectivity index (χ1v) is 9.27. The molecular weight excluding hydrogens is 378 g/mol. The molecule has 1 heterocycles. The van der Waals surface area contributed by atoms with Gasteiger partial charge in [-0.1, -0.05) is 30.3 Å². The van der Waals surface area contributed by atoms with Crippen molar-refractivity contribution in [3.8, 4) is 5.75 Å².